The molecule has 32 heavy (non-hydrogen) atoms. The van der Waals surface area contributed by atoms with Crippen LogP contribution in [0.1, 0.15) is 0 Å². The fourth-order valence-corrected chi connectivity index (χ4v) is 4.13. The molecule has 0 aliphatic carbocycles. The van der Waals surface area contributed by atoms with Crippen molar-refractivity contribution in [1.29, 1.82) is 0 Å². The van der Waals surface area contributed by atoms with E-state index in [4.69, 9.17) is 0 Å². The molecule has 0 saturated heterocycles. The summed E-state index contributed by atoms with van der Waals surface area (Å²) in [4.78, 5) is 0. The Hall–Kier alpha value is -3.50. The van der Waals surface area contributed by atoms with E-state index in [1.807, 2.05) is 97.1 Å². The van der Waals surface area contributed by atoms with Crippen LogP contribution >= 0.6 is 0 Å². The average molecular weight is 404 g/mol. The van der Waals surface area contributed by atoms with Crippen LogP contribution in [-0.4, -0.2) is 0 Å². The van der Waals surface area contributed by atoms with Crippen molar-refractivity contribution in [3.8, 4) is 50.3 Å². The van der Waals surface area contributed by atoms with Gasteiger partial charge in [-0.1, -0.05) is 127 Å². The minimum atomic E-state index is 0. The zero-order valence-corrected chi connectivity index (χ0v) is 18.0. The molecule has 0 saturated carbocycles. The molecule has 0 atom stereocenters. The first-order valence-electron chi connectivity index (χ1n) is 10.4. The van der Waals surface area contributed by atoms with E-state index in [0.29, 0.717) is 0 Å². The maximum absolute atomic E-state index is 14.2. The minimum absolute atomic E-state index is 0. The van der Waals surface area contributed by atoms with Crippen LogP contribution in [0.4, 0.5) is 0 Å². The molecule has 0 spiro atoms. The van der Waals surface area contributed by atoms with Crippen LogP contribution in [0.15, 0.2) is 127 Å². The molecule has 0 N–H and O–H groups in total. The van der Waals surface area contributed by atoms with Crippen LogP contribution in [0.2, 0.25) is 0 Å². The Kier molecular flexibility index (Phi) is 6.62. The fourth-order valence-electron chi connectivity index (χ4n) is 4.13. The first-order chi connectivity index (χ1) is 15.3. The van der Waals surface area contributed by atoms with Crippen molar-refractivity contribution in [2.75, 3.05) is 0 Å². The summed E-state index contributed by atoms with van der Waals surface area (Å²) in [5.41, 5.74) is 7.33. The first-order valence-corrected chi connectivity index (χ1v) is 10.4. The third kappa shape index (κ3) is 4.14. The molecule has 5 aromatic carbocycles. The molecule has 0 fully saturated rings. The topological polar surface area (TPSA) is 23.1 Å². The standard InChI is InChI=1S/C30H22O.Li/c31-30-28(24-17-9-3-10-18-24)26(22-13-5-1-6-14-22)21-27(23-15-7-2-8-16-23)29(30)25-19-11-4-12-20-25;/h1-21,31H;/q;+1/p-1. The van der Waals surface area contributed by atoms with Gasteiger partial charge in [-0.25, -0.2) is 0 Å². The summed E-state index contributed by atoms with van der Waals surface area (Å²) in [6, 6.07) is 42.5. The summed E-state index contributed by atoms with van der Waals surface area (Å²) in [5.74, 6) is 0.0533. The van der Waals surface area contributed by atoms with E-state index in [1.54, 1.807) is 0 Å². The van der Waals surface area contributed by atoms with Crippen molar-refractivity contribution in [3.05, 3.63) is 127 Å². The molecule has 0 heterocycles. The van der Waals surface area contributed by atoms with Crippen LogP contribution < -0.4 is 24.0 Å². The molecule has 0 bridgehead atoms. The van der Waals surface area contributed by atoms with Crippen molar-refractivity contribution in [1.82, 2.24) is 0 Å². The Morgan fingerprint density at radius 1 is 0.375 bits per heavy atom. The van der Waals surface area contributed by atoms with Crippen LogP contribution in [0.25, 0.3) is 44.5 Å². The molecule has 2 heteroatoms. The summed E-state index contributed by atoms with van der Waals surface area (Å²) in [6.45, 7) is 0. The quantitative estimate of drug-likeness (QED) is 0.407. The van der Waals surface area contributed by atoms with Gasteiger partial charge in [-0.3, -0.25) is 0 Å². The third-order valence-electron chi connectivity index (χ3n) is 5.58. The van der Waals surface area contributed by atoms with Gasteiger partial charge in [0.05, 0.1) is 0 Å². The second-order valence-corrected chi connectivity index (χ2v) is 7.51. The van der Waals surface area contributed by atoms with Crippen molar-refractivity contribution in [3.63, 3.8) is 0 Å². The fraction of sp³-hybridized carbons (Fsp3) is 0. The number of hydrogen-bond donors (Lipinski definition) is 0. The van der Waals surface area contributed by atoms with Crippen molar-refractivity contribution in [2.24, 2.45) is 0 Å². The molecule has 5 rings (SSSR count). The van der Waals surface area contributed by atoms with Crippen LogP contribution in [0, 0.1) is 0 Å². The summed E-state index contributed by atoms with van der Waals surface area (Å²) in [7, 11) is 0. The minimum Gasteiger partial charge on any atom is -0.872 e. The summed E-state index contributed by atoms with van der Waals surface area (Å²) in [6.07, 6.45) is 0. The molecule has 148 valence electrons. The molecule has 0 aliphatic rings. The largest absolute Gasteiger partial charge is 1.00 e. The van der Waals surface area contributed by atoms with Gasteiger partial charge in [0.2, 0.25) is 0 Å². The van der Waals surface area contributed by atoms with Crippen molar-refractivity contribution in [2.45, 2.75) is 0 Å². The van der Waals surface area contributed by atoms with Gasteiger partial charge in [0.15, 0.2) is 0 Å². The molecule has 1 nitrogen and oxygen atoms in total. The Labute approximate surface area is 201 Å². The van der Waals surface area contributed by atoms with E-state index in [1.165, 1.54) is 0 Å². The van der Waals surface area contributed by atoms with Gasteiger partial charge in [0.25, 0.3) is 0 Å². The smallest absolute Gasteiger partial charge is 0.872 e. The third-order valence-corrected chi connectivity index (χ3v) is 5.58. The molecule has 0 unspecified atom stereocenters. The Morgan fingerprint density at radius 3 is 0.969 bits per heavy atom. The molecule has 0 aliphatic heterocycles. The zero-order valence-electron chi connectivity index (χ0n) is 18.0. The second kappa shape index (κ2) is 9.75. The maximum Gasteiger partial charge on any atom is 1.00 e. The van der Waals surface area contributed by atoms with Gasteiger partial charge in [-0.05, 0) is 50.6 Å². The van der Waals surface area contributed by atoms with Crippen LogP contribution in [-0.2, 0) is 0 Å². The second-order valence-electron chi connectivity index (χ2n) is 7.51. The molecular weight excluding hydrogens is 383 g/mol. The van der Waals surface area contributed by atoms with E-state index in [0.717, 1.165) is 44.5 Å². The molecule has 0 amide bonds. The van der Waals surface area contributed by atoms with Gasteiger partial charge in [-0.2, -0.15) is 0 Å². The monoisotopic (exact) mass is 404 g/mol. The Bertz CT molecular complexity index is 1200. The normalized spacial score (nSPS) is 10.4. The van der Waals surface area contributed by atoms with Crippen molar-refractivity contribution >= 4 is 0 Å². The summed E-state index contributed by atoms with van der Waals surface area (Å²) < 4.78 is 0. The summed E-state index contributed by atoms with van der Waals surface area (Å²) in [5, 5.41) is 14.2. The van der Waals surface area contributed by atoms with Gasteiger partial charge in [0, 0.05) is 0 Å². The van der Waals surface area contributed by atoms with E-state index >= 15 is 0 Å². The molecule has 0 aromatic heterocycles. The maximum atomic E-state index is 14.2. The summed E-state index contributed by atoms with van der Waals surface area (Å²) >= 11 is 0. The Balaban J connectivity index is 0.00000245. The van der Waals surface area contributed by atoms with Crippen molar-refractivity contribution < 1.29 is 24.0 Å². The van der Waals surface area contributed by atoms with E-state index in [-0.39, 0.29) is 24.6 Å². The number of rotatable bonds is 4. The molecular formula is C30H21LiO. The van der Waals surface area contributed by atoms with E-state index in [2.05, 4.69) is 30.3 Å². The predicted octanol–water partition coefficient (Wildman–Crippen LogP) is 4.43. The van der Waals surface area contributed by atoms with Crippen LogP contribution in [0.3, 0.4) is 0 Å². The van der Waals surface area contributed by atoms with E-state index < -0.39 is 0 Å². The first kappa shape index (κ1) is 21.7. The predicted molar refractivity (Wildman–Crippen MR) is 128 cm³/mol. The Morgan fingerprint density at radius 2 is 0.656 bits per heavy atom. The average Bonchev–Trinajstić information content (AvgIpc) is 2.85. The SMILES string of the molecule is [Li+].[O-]c1c(-c2ccccc2)c(-c2ccccc2)cc(-c2ccccc2)c1-c1ccccc1. The van der Waals surface area contributed by atoms with Gasteiger partial charge in [0.1, 0.15) is 0 Å². The number of hydrogen-bond acceptors (Lipinski definition) is 1. The zero-order chi connectivity index (χ0) is 21.0. The molecule has 0 radical (unpaired) electrons. The van der Waals surface area contributed by atoms with Crippen LogP contribution in [0.5, 0.6) is 5.75 Å². The van der Waals surface area contributed by atoms with Gasteiger partial charge < -0.3 is 5.11 Å². The number of benzene rings is 5. The van der Waals surface area contributed by atoms with Gasteiger partial charge >= 0.3 is 18.9 Å². The van der Waals surface area contributed by atoms with E-state index in [9.17, 15) is 5.11 Å². The van der Waals surface area contributed by atoms with Gasteiger partial charge in [-0.15, -0.1) is 0 Å². The molecule has 5 aromatic rings.